The number of nitrogens with one attached hydrogen (secondary N) is 1. The Kier molecular flexibility index (Phi) is 2.15. The van der Waals surface area contributed by atoms with E-state index in [9.17, 15) is 13.6 Å². The molecule has 78 valence electrons. The highest BCUT2D eigenvalue weighted by Crippen LogP contribution is 2.27. The van der Waals surface area contributed by atoms with Crippen LogP contribution in [0.1, 0.15) is 0 Å². The van der Waals surface area contributed by atoms with Gasteiger partial charge in [-0.15, -0.1) is 0 Å². The molecular formula is C10H7F2NO2. The maximum Gasteiger partial charge on any atom is 0.259 e. The van der Waals surface area contributed by atoms with Crippen molar-refractivity contribution in [3.05, 3.63) is 40.3 Å². The predicted octanol–water partition coefficient (Wildman–Crippen LogP) is 1.81. The van der Waals surface area contributed by atoms with Crippen molar-refractivity contribution >= 4 is 10.8 Å². The number of hydrogen-bond acceptors (Lipinski definition) is 2. The average Bonchev–Trinajstić information content (AvgIpc) is 2.20. The van der Waals surface area contributed by atoms with E-state index in [2.05, 4.69) is 4.98 Å². The van der Waals surface area contributed by atoms with E-state index in [-0.39, 0.29) is 16.5 Å². The summed E-state index contributed by atoms with van der Waals surface area (Å²) in [6.07, 6.45) is 1.30. The maximum absolute atomic E-state index is 13.3. The second-order valence-corrected chi connectivity index (χ2v) is 2.97. The molecule has 0 saturated heterocycles. The number of halogens is 2. The van der Waals surface area contributed by atoms with Crippen LogP contribution in [0, 0.1) is 11.6 Å². The van der Waals surface area contributed by atoms with Gasteiger partial charge in [0.1, 0.15) is 5.82 Å². The molecule has 1 aromatic heterocycles. The number of hydrogen-bond donors (Lipinski definition) is 1. The van der Waals surface area contributed by atoms with Crippen LogP contribution >= 0.6 is 0 Å². The van der Waals surface area contributed by atoms with E-state index < -0.39 is 17.2 Å². The number of benzene rings is 1. The number of ether oxygens (including phenoxy) is 1. The standard InChI is InChI=1S/C10H7F2NO2/c1-15-9-7(12)4-6(11)5-2-3-13-10(14)8(5)9/h2-4H,1H3,(H,13,14). The molecule has 3 nitrogen and oxygen atoms in total. The number of methoxy groups -OCH3 is 1. The van der Waals surface area contributed by atoms with Crippen molar-refractivity contribution in [1.82, 2.24) is 4.98 Å². The molecule has 2 aromatic rings. The van der Waals surface area contributed by atoms with Crippen molar-refractivity contribution in [3.63, 3.8) is 0 Å². The van der Waals surface area contributed by atoms with Crippen LogP contribution in [0.4, 0.5) is 8.78 Å². The quantitative estimate of drug-likeness (QED) is 0.781. The number of rotatable bonds is 1. The monoisotopic (exact) mass is 211 g/mol. The van der Waals surface area contributed by atoms with Crippen LogP contribution in [-0.4, -0.2) is 12.1 Å². The molecule has 0 unspecified atom stereocenters. The Labute approximate surface area is 83.3 Å². The molecule has 0 aliphatic carbocycles. The minimum Gasteiger partial charge on any atom is -0.493 e. The lowest BCUT2D eigenvalue weighted by Gasteiger charge is -2.06. The Balaban J connectivity index is 3.05. The molecule has 2 rings (SSSR count). The maximum atomic E-state index is 13.3. The molecule has 0 amide bonds. The third-order valence-electron chi connectivity index (χ3n) is 2.12. The summed E-state index contributed by atoms with van der Waals surface area (Å²) in [5.74, 6) is -1.91. The van der Waals surface area contributed by atoms with E-state index in [0.717, 1.165) is 0 Å². The van der Waals surface area contributed by atoms with Crippen LogP contribution in [0.25, 0.3) is 10.8 Å². The highest BCUT2D eigenvalue weighted by atomic mass is 19.1. The summed E-state index contributed by atoms with van der Waals surface area (Å²) in [4.78, 5) is 13.7. The lowest BCUT2D eigenvalue weighted by atomic mass is 10.1. The first-order valence-electron chi connectivity index (χ1n) is 4.18. The fourth-order valence-corrected chi connectivity index (χ4v) is 1.48. The van der Waals surface area contributed by atoms with Crippen LogP contribution in [0.2, 0.25) is 0 Å². The first kappa shape index (κ1) is 9.64. The van der Waals surface area contributed by atoms with Crippen LogP contribution in [0.5, 0.6) is 5.75 Å². The van der Waals surface area contributed by atoms with Gasteiger partial charge in [0.05, 0.1) is 12.5 Å². The summed E-state index contributed by atoms with van der Waals surface area (Å²) in [6.45, 7) is 0. The third kappa shape index (κ3) is 1.36. The summed E-state index contributed by atoms with van der Waals surface area (Å²) in [5, 5.41) is -0.0745. The van der Waals surface area contributed by atoms with Crippen molar-refractivity contribution in [3.8, 4) is 5.75 Å². The SMILES string of the molecule is COc1c(F)cc(F)c2cc[nH]c(=O)c12. The average molecular weight is 211 g/mol. The van der Waals surface area contributed by atoms with E-state index in [0.29, 0.717) is 6.07 Å². The van der Waals surface area contributed by atoms with Crippen molar-refractivity contribution in [2.24, 2.45) is 0 Å². The molecule has 0 spiro atoms. The fourth-order valence-electron chi connectivity index (χ4n) is 1.48. The van der Waals surface area contributed by atoms with E-state index in [1.54, 1.807) is 0 Å². The second kappa shape index (κ2) is 3.34. The van der Waals surface area contributed by atoms with Gasteiger partial charge in [-0.3, -0.25) is 4.79 Å². The van der Waals surface area contributed by atoms with Crippen LogP contribution in [0.3, 0.4) is 0 Å². The third-order valence-corrected chi connectivity index (χ3v) is 2.12. The molecule has 1 N–H and O–H groups in total. The Morgan fingerprint density at radius 1 is 1.33 bits per heavy atom. The molecule has 1 heterocycles. The molecule has 0 bridgehead atoms. The molecule has 15 heavy (non-hydrogen) atoms. The van der Waals surface area contributed by atoms with Crippen LogP contribution in [0.15, 0.2) is 23.1 Å². The Hall–Kier alpha value is -1.91. The Bertz CT molecular complexity index is 577. The van der Waals surface area contributed by atoms with Gasteiger partial charge in [0.2, 0.25) is 0 Å². The Morgan fingerprint density at radius 2 is 2.07 bits per heavy atom. The smallest absolute Gasteiger partial charge is 0.259 e. The zero-order valence-corrected chi connectivity index (χ0v) is 7.80. The first-order chi connectivity index (χ1) is 7.15. The summed E-state index contributed by atoms with van der Waals surface area (Å²) in [7, 11) is 1.22. The molecule has 0 radical (unpaired) electrons. The second-order valence-electron chi connectivity index (χ2n) is 2.97. The minimum atomic E-state index is -0.890. The van der Waals surface area contributed by atoms with Gasteiger partial charge in [-0.25, -0.2) is 8.78 Å². The summed E-state index contributed by atoms with van der Waals surface area (Å²) >= 11 is 0. The number of aromatic amines is 1. The topological polar surface area (TPSA) is 42.1 Å². The van der Waals surface area contributed by atoms with Crippen molar-refractivity contribution < 1.29 is 13.5 Å². The predicted molar refractivity (Wildman–Crippen MR) is 51.0 cm³/mol. The summed E-state index contributed by atoms with van der Waals surface area (Å²) in [6, 6.07) is 2.05. The molecule has 1 aromatic carbocycles. The van der Waals surface area contributed by atoms with Gasteiger partial charge < -0.3 is 9.72 Å². The first-order valence-corrected chi connectivity index (χ1v) is 4.18. The van der Waals surface area contributed by atoms with Crippen LogP contribution in [-0.2, 0) is 0 Å². The molecule has 5 heteroatoms. The minimum absolute atomic E-state index is 0.0389. The van der Waals surface area contributed by atoms with E-state index >= 15 is 0 Å². The lowest BCUT2D eigenvalue weighted by molar-refractivity contribution is 0.389. The number of aromatic nitrogens is 1. The van der Waals surface area contributed by atoms with E-state index in [1.165, 1.54) is 19.4 Å². The summed E-state index contributed by atoms with van der Waals surface area (Å²) < 4.78 is 31.3. The Morgan fingerprint density at radius 3 is 2.73 bits per heavy atom. The number of pyridine rings is 1. The summed E-state index contributed by atoms with van der Waals surface area (Å²) in [5.41, 5.74) is -0.581. The highest BCUT2D eigenvalue weighted by molar-refractivity contribution is 5.88. The van der Waals surface area contributed by atoms with Gasteiger partial charge >= 0.3 is 0 Å². The van der Waals surface area contributed by atoms with Crippen molar-refractivity contribution in [2.75, 3.05) is 7.11 Å². The molecule has 0 saturated carbocycles. The van der Waals surface area contributed by atoms with Gasteiger partial charge in [0.25, 0.3) is 5.56 Å². The van der Waals surface area contributed by atoms with Gasteiger partial charge in [-0.05, 0) is 6.07 Å². The zero-order chi connectivity index (χ0) is 11.0. The molecule has 0 aliphatic rings. The largest absolute Gasteiger partial charge is 0.493 e. The fraction of sp³-hybridized carbons (Fsp3) is 0.100. The van der Waals surface area contributed by atoms with E-state index in [1.807, 2.05) is 0 Å². The molecule has 0 aliphatic heterocycles. The van der Waals surface area contributed by atoms with E-state index in [4.69, 9.17) is 4.74 Å². The molecule has 0 atom stereocenters. The highest BCUT2D eigenvalue weighted by Gasteiger charge is 2.15. The normalized spacial score (nSPS) is 10.6. The molecule has 0 fully saturated rings. The van der Waals surface area contributed by atoms with Crippen LogP contribution < -0.4 is 10.3 Å². The van der Waals surface area contributed by atoms with Gasteiger partial charge in [0.15, 0.2) is 11.6 Å². The molecular weight excluding hydrogens is 204 g/mol. The van der Waals surface area contributed by atoms with Crippen molar-refractivity contribution in [2.45, 2.75) is 0 Å². The lowest BCUT2D eigenvalue weighted by Crippen LogP contribution is -2.08. The number of fused-ring (bicyclic) bond motifs is 1. The zero-order valence-electron chi connectivity index (χ0n) is 7.80. The van der Waals surface area contributed by atoms with Gasteiger partial charge in [-0.1, -0.05) is 0 Å². The van der Waals surface area contributed by atoms with Crippen molar-refractivity contribution in [1.29, 1.82) is 0 Å². The van der Waals surface area contributed by atoms with Gasteiger partial charge in [-0.2, -0.15) is 0 Å². The van der Waals surface area contributed by atoms with Gasteiger partial charge in [0, 0.05) is 17.6 Å². The number of H-pyrrole nitrogens is 1.